The minimum atomic E-state index is -0.375. The summed E-state index contributed by atoms with van der Waals surface area (Å²) in [6.45, 7) is 6.19. The van der Waals surface area contributed by atoms with Gasteiger partial charge in [-0.05, 0) is 36.3 Å². The van der Waals surface area contributed by atoms with Gasteiger partial charge >= 0.3 is 5.97 Å². The average molecular weight is 325 g/mol. The summed E-state index contributed by atoms with van der Waals surface area (Å²) in [4.78, 5) is 28.1. The fourth-order valence-corrected chi connectivity index (χ4v) is 3.31. The predicted molar refractivity (Wildman–Crippen MR) is 92.5 cm³/mol. The Balaban J connectivity index is 1.87. The smallest absolute Gasteiger partial charge is 0.355 e. The molecule has 2 aromatic rings. The van der Waals surface area contributed by atoms with Crippen molar-refractivity contribution in [3.8, 4) is 0 Å². The number of hydrogen-bond donors (Lipinski definition) is 1. The molecule has 0 unspecified atom stereocenters. The minimum Gasteiger partial charge on any atom is -0.461 e. The standard InChI is InChI=1S/C20H23NO3/c1-12(2)11-24-20(23)19-13(3)18-16(21-19)9-15(10-17(18)22)14-7-5-4-6-8-14/h4-8,12,15,21H,9-11H2,1-3H3/t15-/m1/s1. The number of Topliss-reactive ketones (excluding diaryl/α,β-unsaturated/α-hetero) is 1. The van der Waals surface area contributed by atoms with E-state index in [1.165, 1.54) is 0 Å². The van der Waals surface area contributed by atoms with Gasteiger partial charge in [0.15, 0.2) is 5.78 Å². The number of esters is 1. The maximum Gasteiger partial charge on any atom is 0.355 e. The summed E-state index contributed by atoms with van der Waals surface area (Å²) in [6, 6.07) is 10.1. The van der Waals surface area contributed by atoms with Crippen molar-refractivity contribution in [1.82, 2.24) is 4.98 Å². The highest BCUT2D eigenvalue weighted by molar-refractivity contribution is 6.03. The van der Waals surface area contributed by atoms with Gasteiger partial charge in [0.05, 0.1) is 6.61 Å². The quantitative estimate of drug-likeness (QED) is 0.863. The number of rotatable bonds is 4. The summed E-state index contributed by atoms with van der Waals surface area (Å²) in [5, 5.41) is 0. The zero-order valence-electron chi connectivity index (χ0n) is 14.4. The Bertz CT molecular complexity index is 759. The van der Waals surface area contributed by atoms with E-state index in [-0.39, 0.29) is 23.6 Å². The largest absolute Gasteiger partial charge is 0.461 e. The van der Waals surface area contributed by atoms with E-state index in [2.05, 4.69) is 17.1 Å². The zero-order chi connectivity index (χ0) is 17.3. The van der Waals surface area contributed by atoms with Gasteiger partial charge in [0, 0.05) is 17.7 Å². The van der Waals surface area contributed by atoms with Crippen molar-refractivity contribution in [1.29, 1.82) is 0 Å². The van der Waals surface area contributed by atoms with Crippen molar-refractivity contribution < 1.29 is 14.3 Å². The van der Waals surface area contributed by atoms with E-state index < -0.39 is 0 Å². The number of carbonyl (C=O) groups excluding carboxylic acids is 2. The number of ether oxygens (including phenoxy) is 1. The lowest BCUT2D eigenvalue weighted by molar-refractivity contribution is 0.0451. The molecule has 1 aliphatic carbocycles. The van der Waals surface area contributed by atoms with Crippen LogP contribution in [0.2, 0.25) is 0 Å². The van der Waals surface area contributed by atoms with E-state index in [9.17, 15) is 9.59 Å². The van der Waals surface area contributed by atoms with Crippen LogP contribution in [-0.2, 0) is 11.2 Å². The fourth-order valence-electron chi connectivity index (χ4n) is 3.31. The van der Waals surface area contributed by atoms with Crippen molar-refractivity contribution in [3.63, 3.8) is 0 Å². The fraction of sp³-hybridized carbons (Fsp3) is 0.400. The van der Waals surface area contributed by atoms with Crippen LogP contribution in [0.15, 0.2) is 30.3 Å². The van der Waals surface area contributed by atoms with Crippen LogP contribution in [0.3, 0.4) is 0 Å². The molecule has 0 amide bonds. The molecule has 0 fully saturated rings. The molecule has 0 aliphatic heterocycles. The first-order chi connectivity index (χ1) is 11.5. The summed E-state index contributed by atoms with van der Waals surface area (Å²) < 4.78 is 5.31. The number of benzene rings is 1. The molecule has 4 heteroatoms. The van der Waals surface area contributed by atoms with Crippen molar-refractivity contribution in [2.24, 2.45) is 5.92 Å². The van der Waals surface area contributed by atoms with Crippen LogP contribution in [0.25, 0.3) is 0 Å². The second-order valence-electron chi connectivity index (χ2n) is 6.91. The molecule has 1 aromatic heterocycles. The first-order valence-corrected chi connectivity index (χ1v) is 8.44. The first kappa shape index (κ1) is 16.5. The van der Waals surface area contributed by atoms with E-state index in [0.29, 0.717) is 24.3 Å². The number of fused-ring (bicyclic) bond motifs is 1. The molecule has 1 atom stereocenters. The molecule has 0 saturated carbocycles. The van der Waals surface area contributed by atoms with Gasteiger partial charge in [-0.1, -0.05) is 44.2 Å². The van der Waals surface area contributed by atoms with E-state index in [1.807, 2.05) is 39.0 Å². The SMILES string of the molecule is Cc1c(C(=O)OCC(C)C)[nH]c2c1C(=O)C[C@H](c1ccccc1)C2. The van der Waals surface area contributed by atoms with Crippen molar-refractivity contribution in [2.45, 2.75) is 39.5 Å². The van der Waals surface area contributed by atoms with Crippen LogP contribution in [-0.4, -0.2) is 23.3 Å². The first-order valence-electron chi connectivity index (χ1n) is 8.44. The maximum atomic E-state index is 12.6. The molecule has 24 heavy (non-hydrogen) atoms. The predicted octanol–water partition coefficient (Wildman–Crippen LogP) is 4.05. The molecular formula is C20H23NO3. The molecule has 1 N–H and O–H groups in total. The molecule has 1 heterocycles. The van der Waals surface area contributed by atoms with Gasteiger partial charge in [-0.3, -0.25) is 4.79 Å². The number of hydrogen-bond acceptors (Lipinski definition) is 3. The van der Waals surface area contributed by atoms with Gasteiger partial charge < -0.3 is 9.72 Å². The summed E-state index contributed by atoms with van der Waals surface area (Å²) in [6.07, 6.45) is 1.22. The highest BCUT2D eigenvalue weighted by Gasteiger charge is 2.32. The number of nitrogens with one attached hydrogen (secondary N) is 1. The molecule has 0 radical (unpaired) electrons. The Morgan fingerprint density at radius 2 is 1.96 bits per heavy atom. The Morgan fingerprint density at radius 1 is 1.25 bits per heavy atom. The van der Waals surface area contributed by atoms with Gasteiger partial charge in [0.25, 0.3) is 0 Å². The number of ketones is 1. The number of carbonyl (C=O) groups is 2. The second-order valence-corrected chi connectivity index (χ2v) is 6.91. The molecule has 3 rings (SSSR count). The number of aromatic nitrogens is 1. The van der Waals surface area contributed by atoms with Gasteiger partial charge in [0.2, 0.25) is 0 Å². The lowest BCUT2D eigenvalue weighted by atomic mass is 9.81. The highest BCUT2D eigenvalue weighted by atomic mass is 16.5. The van der Waals surface area contributed by atoms with Gasteiger partial charge in [-0.25, -0.2) is 4.79 Å². The molecular weight excluding hydrogens is 302 g/mol. The van der Waals surface area contributed by atoms with Crippen molar-refractivity contribution in [3.05, 3.63) is 58.4 Å². The molecule has 0 bridgehead atoms. The minimum absolute atomic E-state index is 0.0989. The highest BCUT2D eigenvalue weighted by Crippen LogP contribution is 2.35. The van der Waals surface area contributed by atoms with Crippen molar-refractivity contribution in [2.75, 3.05) is 6.61 Å². The maximum absolute atomic E-state index is 12.6. The molecule has 1 aromatic carbocycles. The lowest BCUT2D eigenvalue weighted by Gasteiger charge is -2.22. The van der Waals surface area contributed by atoms with E-state index in [1.54, 1.807) is 0 Å². The number of aromatic amines is 1. The lowest BCUT2D eigenvalue weighted by Crippen LogP contribution is -2.18. The Kier molecular flexibility index (Phi) is 4.56. The summed E-state index contributed by atoms with van der Waals surface area (Å²) in [5.41, 5.74) is 3.83. The van der Waals surface area contributed by atoms with Gasteiger partial charge in [0.1, 0.15) is 5.69 Å². The average Bonchev–Trinajstić information content (AvgIpc) is 2.90. The molecule has 0 spiro atoms. The third kappa shape index (κ3) is 3.14. The Morgan fingerprint density at radius 3 is 2.62 bits per heavy atom. The molecule has 4 nitrogen and oxygen atoms in total. The van der Waals surface area contributed by atoms with Crippen molar-refractivity contribution >= 4 is 11.8 Å². The molecule has 126 valence electrons. The van der Waals surface area contributed by atoms with Gasteiger partial charge in [-0.15, -0.1) is 0 Å². The monoisotopic (exact) mass is 325 g/mol. The van der Waals surface area contributed by atoms with E-state index in [4.69, 9.17) is 4.74 Å². The molecule has 1 aliphatic rings. The Hall–Kier alpha value is -2.36. The van der Waals surface area contributed by atoms with E-state index >= 15 is 0 Å². The third-order valence-electron chi connectivity index (χ3n) is 4.51. The molecule has 0 saturated heterocycles. The zero-order valence-corrected chi connectivity index (χ0v) is 14.4. The van der Waals surface area contributed by atoms with Gasteiger partial charge in [-0.2, -0.15) is 0 Å². The van der Waals surface area contributed by atoms with Crippen LogP contribution < -0.4 is 0 Å². The topological polar surface area (TPSA) is 59.2 Å². The Labute approximate surface area is 142 Å². The van der Waals surface area contributed by atoms with E-state index in [0.717, 1.165) is 23.2 Å². The van der Waals surface area contributed by atoms with Crippen LogP contribution in [0.5, 0.6) is 0 Å². The summed E-state index contributed by atoms with van der Waals surface area (Å²) in [5.74, 6) is 0.160. The summed E-state index contributed by atoms with van der Waals surface area (Å²) >= 11 is 0. The number of H-pyrrole nitrogens is 1. The van der Waals surface area contributed by atoms with Crippen LogP contribution in [0.1, 0.15) is 63.9 Å². The third-order valence-corrected chi connectivity index (χ3v) is 4.51. The normalized spacial score (nSPS) is 17.0. The van der Waals surface area contributed by atoms with Crippen LogP contribution in [0, 0.1) is 12.8 Å². The second kappa shape index (κ2) is 6.63. The summed E-state index contributed by atoms with van der Waals surface area (Å²) in [7, 11) is 0. The van der Waals surface area contributed by atoms with Crippen LogP contribution in [0.4, 0.5) is 0 Å². The van der Waals surface area contributed by atoms with Crippen LogP contribution >= 0.6 is 0 Å².